The summed E-state index contributed by atoms with van der Waals surface area (Å²) < 4.78 is 6.71. The van der Waals surface area contributed by atoms with Crippen molar-refractivity contribution < 1.29 is 4.74 Å². The fraction of sp³-hybridized carbons (Fsp3) is 0.0172. The highest BCUT2D eigenvalue weighted by molar-refractivity contribution is 6.26. The molecule has 0 atom stereocenters. The molecule has 4 heteroatoms. The van der Waals surface area contributed by atoms with Crippen molar-refractivity contribution in [3.05, 3.63) is 235 Å². The third-order valence-electron chi connectivity index (χ3n) is 13.0. The Balaban J connectivity index is 1.11. The highest BCUT2D eigenvalue weighted by atomic mass is 16.5. The maximum absolute atomic E-state index is 6.71. The van der Waals surface area contributed by atoms with Crippen LogP contribution in [0.2, 0.25) is 0 Å². The van der Waals surface area contributed by atoms with Crippen molar-refractivity contribution in [1.82, 2.24) is 15.0 Å². The number of hydrogen-bond acceptors (Lipinski definition) is 4. The van der Waals surface area contributed by atoms with Crippen LogP contribution in [0.4, 0.5) is 0 Å². The average Bonchev–Trinajstić information content (AvgIpc) is 3.64. The van der Waals surface area contributed by atoms with Gasteiger partial charge in [0.25, 0.3) is 0 Å². The molecule has 0 amide bonds. The van der Waals surface area contributed by atoms with E-state index in [1.165, 1.54) is 54.6 Å². The standard InChI is InChI=1S/C58H35N3O/c1-3-16-36(17-4-1)55-59-56(37-18-5-2-6-19-37)61-57(60-55)39-31-33-48-47(35-39)54-40(38-30-32-45-43-22-8-7-20-41(43)42-21-9-10-23-44(42)46(45)34-38)24-15-27-51(54)58(48)49-25-11-13-28-52(49)62-53-29-14-12-26-50(53)58/h1-35H. The van der Waals surface area contributed by atoms with Gasteiger partial charge in [-0.2, -0.15) is 0 Å². The Bertz CT molecular complexity index is 3480. The summed E-state index contributed by atoms with van der Waals surface area (Å²) in [5.41, 5.74) is 11.5. The monoisotopic (exact) mass is 789 g/mol. The fourth-order valence-corrected chi connectivity index (χ4v) is 10.3. The maximum Gasteiger partial charge on any atom is 0.164 e. The quantitative estimate of drug-likeness (QED) is 0.167. The Morgan fingerprint density at radius 1 is 0.290 bits per heavy atom. The highest BCUT2D eigenvalue weighted by Gasteiger charge is 2.51. The molecule has 1 aliphatic heterocycles. The van der Waals surface area contributed by atoms with Crippen LogP contribution in [0, 0.1) is 0 Å². The fourth-order valence-electron chi connectivity index (χ4n) is 10.3. The SMILES string of the molecule is c1ccc(-c2nc(-c3ccccc3)nc(-c3ccc4c(c3)-c3c(-c5ccc6c7ccccc7c7ccccc7c6c5)cccc3C43c4ccccc4Oc4ccccc43)n2)cc1. The summed E-state index contributed by atoms with van der Waals surface area (Å²) >= 11 is 0. The van der Waals surface area contributed by atoms with Gasteiger partial charge in [-0.05, 0) is 90.0 Å². The maximum atomic E-state index is 6.71. The summed E-state index contributed by atoms with van der Waals surface area (Å²) in [6.07, 6.45) is 0. The van der Waals surface area contributed by atoms with Crippen molar-refractivity contribution in [3.8, 4) is 67.9 Å². The van der Waals surface area contributed by atoms with Crippen molar-refractivity contribution >= 4 is 32.3 Å². The van der Waals surface area contributed by atoms with Gasteiger partial charge < -0.3 is 4.74 Å². The predicted octanol–water partition coefficient (Wildman–Crippen LogP) is 14.5. The molecule has 0 saturated heterocycles. The second-order valence-electron chi connectivity index (χ2n) is 16.2. The van der Waals surface area contributed by atoms with E-state index < -0.39 is 5.41 Å². The highest BCUT2D eigenvalue weighted by Crippen LogP contribution is 2.63. The summed E-state index contributed by atoms with van der Waals surface area (Å²) in [5, 5.41) is 7.54. The van der Waals surface area contributed by atoms with Gasteiger partial charge in [-0.1, -0.05) is 188 Å². The summed E-state index contributed by atoms with van der Waals surface area (Å²) in [6.45, 7) is 0. The number of nitrogens with zero attached hydrogens (tertiary/aromatic N) is 3. The molecule has 0 unspecified atom stereocenters. The molecule has 0 N–H and O–H groups in total. The van der Waals surface area contributed by atoms with Gasteiger partial charge in [-0.15, -0.1) is 0 Å². The molecule has 1 aromatic heterocycles. The second-order valence-corrected chi connectivity index (χ2v) is 16.2. The predicted molar refractivity (Wildman–Crippen MR) is 251 cm³/mol. The van der Waals surface area contributed by atoms with E-state index >= 15 is 0 Å². The van der Waals surface area contributed by atoms with E-state index in [1.54, 1.807) is 0 Å². The first kappa shape index (κ1) is 34.6. The van der Waals surface area contributed by atoms with Crippen LogP contribution in [0.15, 0.2) is 212 Å². The zero-order valence-corrected chi connectivity index (χ0v) is 33.5. The molecule has 2 aliphatic rings. The lowest BCUT2D eigenvalue weighted by Crippen LogP contribution is -2.32. The van der Waals surface area contributed by atoms with Crippen molar-refractivity contribution in [2.24, 2.45) is 0 Å². The first-order valence-electron chi connectivity index (χ1n) is 21.1. The number of ether oxygens (including phenoxy) is 1. The largest absolute Gasteiger partial charge is 0.457 e. The minimum atomic E-state index is -0.645. The van der Waals surface area contributed by atoms with Crippen molar-refractivity contribution in [2.75, 3.05) is 0 Å². The van der Waals surface area contributed by atoms with Crippen LogP contribution in [0.1, 0.15) is 22.3 Å². The van der Waals surface area contributed by atoms with Gasteiger partial charge in [0, 0.05) is 27.8 Å². The molecule has 11 aromatic rings. The summed E-state index contributed by atoms with van der Waals surface area (Å²) in [7, 11) is 0. The topological polar surface area (TPSA) is 47.9 Å². The lowest BCUT2D eigenvalue weighted by Gasteiger charge is -2.39. The molecule has 0 fully saturated rings. The van der Waals surface area contributed by atoms with E-state index in [9.17, 15) is 0 Å². The smallest absolute Gasteiger partial charge is 0.164 e. The number of aromatic nitrogens is 3. The van der Waals surface area contributed by atoms with Crippen LogP contribution in [0.25, 0.3) is 88.7 Å². The average molecular weight is 790 g/mol. The Kier molecular flexibility index (Phi) is 7.49. The Labute approximate surface area is 358 Å². The number of rotatable bonds is 4. The first-order chi connectivity index (χ1) is 30.7. The zero-order valence-electron chi connectivity index (χ0n) is 33.5. The lowest BCUT2D eigenvalue weighted by molar-refractivity contribution is 0.436. The minimum Gasteiger partial charge on any atom is -0.457 e. The van der Waals surface area contributed by atoms with Crippen molar-refractivity contribution in [2.45, 2.75) is 5.41 Å². The number of benzene rings is 10. The molecule has 1 spiro atoms. The Morgan fingerprint density at radius 3 is 1.35 bits per heavy atom. The lowest BCUT2D eigenvalue weighted by atomic mass is 9.66. The van der Waals surface area contributed by atoms with E-state index in [4.69, 9.17) is 19.7 Å². The molecule has 0 bridgehead atoms. The van der Waals surface area contributed by atoms with Gasteiger partial charge in [-0.3, -0.25) is 0 Å². The third kappa shape index (κ3) is 4.98. The van der Waals surface area contributed by atoms with Crippen LogP contribution in [-0.4, -0.2) is 15.0 Å². The van der Waals surface area contributed by atoms with Gasteiger partial charge >= 0.3 is 0 Å². The number of para-hydroxylation sites is 2. The Morgan fingerprint density at radius 2 is 0.758 bits per heavy atom. The number of fused-ring (bicyclic) bond motifs is 15. The molecule has 0 radical (unpaired) electrons. The van der Waals surface area contributed by atoms with E-state index in [-0.39, 0.29) is 0 Å². The van der Waals surface area contributed by atoms with E-state index in [0.29, 0.717) is 17.5 Å². The van der Waals surface area contributed by atoms with E-state index in [2.05, 4.69) is 176 Å². The van der Waals surface area contributed by atoms with E-state index in [1.807, 2.05) is 36.4 Å². The molecular weight excluding hydrogens is 755 g/mol. The van der Waals surface area contributed by atoms with Gasteiger partial charge in [0.1, 0.15) is 11.5 Å². The van der Waals surface area contributed by atoms with Crippen molar-refractivity contribution in [3.63, 3.8) is 0 Å². The Hall–Kier alpha value is -8.21. The van der Waals surface area contributed by atoms with Crippen LogP contribution < -0.4 is 4.74 Å². The molecule has 2 heterocycles. The summed E-state index contributed by atoms with van der Waals surface area (Å²) in [5.74, 6) is 3.62. The molecular formula is C58H35N3O. The van der Waals surface area contributed by atoms with Crippen LogP contribution in [0.5, 0.6) is 11.5 Å². The van der Waals surface area contributed by atoms with E-state index in [0.717, 1.165) is 50.4 Å². The zero-order chi connectivity index (χ0) is 40.8. The molecule has 62 heavy (non-hydrogen) atoms. The normalized spacial score (nSPS) is 13.1. The van der Waals surface area contributed by atoms with Crippen molar-refractivity contribution in [1.29, 1.82) is 0 Å². The first-order valence-corrected chi connectivity index (χ1v) is 21.1. The molecule has 288 valence electrons. The summed E-state index contributed by atoms with van der Waals surface area (Å²) in [4.78, 5) is 15.4. The van der Waals surface area contributed by atoms with Gasteiger partial charge in [-0.25, -0.2) is 15.0 Å². The van der Waals surface area contributed by atoms with Gasteiger partial charge in [0.05, 0.1) is 5.41 Å². The number of hydrogen-bond donors (Lipinski definition) is 0. The summed E-state index contributed by atoms with van der Waals surface area (Å²) in [6, 6.07) is 75.7. The van der Waals surface area contributed by atoms with Gasteiger partial charge in [0.15, 0.2) is 17.5 Å². The molecule has 0 saturated carbocycles. The van der Waals surface area contributed by atoms with Crippen LogP contribution in [0.3, 0.4) is 0 Å². The van der Waals surface area contributed by atoms with Crippen LogP contribution >= 0.6 is 0 Å². The van der Waals surface area contributed by atoms with Crippen LogP contribution in [-0.2, 0) is 5.41 Å². The molecule has 10 aromatic carbocycles. The van der Waals surface area contributed by atoms with Gasteiger partial charge in [0.2, 0.25) is 0 Å². The third-order valence-corrected chi connectivity index (χ3v) is 13.0. The minimum absolute atomic E-state index is 0.623. The molecule has 1 aliphatic carbocycles. The second kappa shape index (κ2) is 13.4. The molecule has 13 rings (SSSR count). The molecule has 4 nitrogen and oxygen atoms in total.